The van der Waals surface area contributed by atoms with Crippen LogP contribution in [0.3, 0.4) is 0 Å². The number of unbranched alkanes of at least 4 members (excludes halogenated alkanes) is 2. The fourth-order valence-electron chi connectivity index (χ4n) is 1.70. The highest BCUT2D eigenvalue weighted by atomic mass is 16.5. The third kappa shape index (κ3) is 6.05. The highest BCUT2D eigenvalue weighted by Crippen LogP contribution is 2.12. The lowest BCUT2D eigenvalue weighted by Gasteiger charge is -2.05. The summed E-state index contributed by atoms with van der Waals surface area (Å²) in [6.07, 6.45) is 8.53. The Labute approximate surface area is 111 Å². The molecule has 0 bridgehead atoms. The third-order valence-corrected chi connectivity index (χ3v) is 2.80. The molecular formula is C14H27N3O. The molecule has 1 rings (SSSR count). The molecule has 18 heavy (non-hydrogen) atoms. The summed E-state index contributed by atoms with van der Waals surface area (Å²) in [5, 5.41) is 7.65. The number of aromatic nitrogens is 2. The van der Waals surface area contributed by atoms with E-state index in [0.717, 1.165) is 31.9 Å². The Hall–Kier alpha value is -1.03. The maximum Gasteiger partial charge on any atom is 0.157 e. The number of hydrogen-bond donors (Lipinski definition) is 1. The summed E-state index contributed by atoms with van der Waals surface area (Å²) in [6, 6.07) is 0.395. The minimum Gasteiger partial charge on any atom is -0.490 e. The fraction of sp³-hybridized carbons (Fsp3) is 0.786. The van der Waals surface area contributed by atoms with Gasteiger partial charge in [-0.2, -0.15) is 5.10 Å². The minimum absolute atomic E-state index is 0.395. The van der Waals surface area contributed by atoms with E-state index in [9.17, 15) is 0 Å². The van der Waals surface area contributed by atoms with Crippen LogP contribution in [-0.4, -0.2) is 29.5 Å². The summed E-state index contributed by atoms with van der Waals surface area (Å²) in [4.78, 5) is 0. The van der Waals surface area contributed by atoms with Crippen LogP contribution < -0.4 is 10.1 Å². The lowest BCUT2D eigenvalue weighted by molar-refractivity contribution is 0.304. The first-order valence-corrected chi connectivity index (χ1v) is 7.11. The summed E-state index contributed by atoms with van der Waals surface area (Å²) in [5.74, 6) is 0.882. The molecule has 1 aromatic rings. The first kappa shape index (κ1) is 15.0. The zero-order valence-corrected chi connectivity index (χ0v) is 12.0. The van der Waals surface area contributed by atoms with Gasteiger partial charge >= 0.3 is 0 Å². The molecule has 0 spiro atoms. The Morgan fingerprint density at radius 3 is 2.78 bits per heavy atom. The number of nitrogens with one attached hydrogen (secondary N) is 1. The van der Waals surface area contributed by atoms with Crippen molar-refractivity contribution in [2.45, 2.75) is 52.5 Å². The highest BCUT2D eigenvalue weighted by Gasteiger charge is 2.01. The van der Waals surface area contributed by atoms with Gasteiger partial charge < -0.3 is 10.1 Å². The zero-order valence-electron chi connectivity index (χ0n) is 12.0. The van der Waals surface area contributed by atoms with Crippen molar-refractivity contribution in [3.8, 4) is 5.75 Å². The average molecular weight is 253 g/mol. The van der Waals surface area contributed by atoms with Gasteiger partial charge in [0, 0.05) is 6.04 Å². The molecule has 0 saturated carbocycles. The van der Waals surface area contributed by atoms with E-state index >= 15 is 0 Å². The van der Waals surface area contributed by atoms with Gasteiger partial charge in [0.05, 0.1) is 19.0 Å². The third-order valence-electron chi connectivity index (χ3n) is 2.80. The molecule has 0 aliphatic carbocycles. The summed E-state index contributed by atoms with van der Waals surface area (Å²) >= 11 is 0. The molecule has 0 amide bonds. The molecular weight excluding hydrogens is 226 g/mol. The molecule has 0 aliphatic rings. The summed E-state index contributed by atoms with van der Waals surface area (Å²) < 4.78 is 7.58. The van der Waals surface area contributed by atoms with E-state index in [4.69, 9.17) is 4.74 Å². The monoisotopic (exact) mass is 253 g/mol. The van der Waals surface area contributed by atoms with E-state index in [1.807, 2.05) is 10.9 Å². The van der Waals surface area contributed by atoms with Crippen LogP contribution in [0.4, 0.5) is 0 Å². The van der Waals surface area contributed by atoms with Crippen LogP contribution in [0.1, 0.15) is 52.5 Å². The Balaban J connectivity index is 2.00. The van der Waals surface area contributed by atoms with Crippen molar-refractivity contribution in [3.63, 3.8) is 0 Å². The number of ether oxygens (including phenoxy) is 1. The molecule has 0 aromatic carbocycles. The van der Waals surface area contributed by atoms with Gasteiger partial charge in [0.2, 0.25) is 0 Å². The van der Waals surface area contributed by atoms with Crippen LogP contribution in [0.5, 0.6) is 5.75 Å². The molecule has 0 radical (unpaired) electrons. The molecule has 4 heteroatoms. The molecule has 0 aliphatic heterocycles. The van der Waals surface area contributed by atoms with Crippen molar-refractivity contribution in [3.05, 3.63) is 12.4 Å². The van der Waals surface area contributed by atoms with Gasteiger partial charge in [-0.25, -0.2) is 0 Å². The maximum atomic E-state index is 5.66. The van der Waals surface area contributed by atoms with E-state index < -0.39 is 0 Å². The molecule has 1 N–H and O–H groups in total. The van der Waals surface area contributed by atoms with Crippen molar-refractivity contribution in [1.29, 1.82) is 0 Å². The largest absolute Gasteiger partial charge is 0.490 e. The lowest BCUT2D eigenvalue weighted by Crippen LogP contribution is -2.15. The maximum absolute atomic E-state index is 5.66. The minimum atomic E-state index is 0.395. The first-order chi connectivity index (χ1) is 8.74. The average Bonchev–Trinajstić information content (AvgIpc) is 2.81. The quantitative estimate of drug-likeness (QED) is 0.651. The standard InChI is InChI=1S/C14H27N3O/c1-4-8-15-9-6-5-7-10-18-14-11-16-17(12-14)13(2)3/h11-13,15H,4-10H2,1-3H3. The molecule has 0 fully saturated rings. The van der Waals surface area contributed by atoms with Gasteiger partial charge in [-0.1, -0.05) is 6.92 Å². The molecule has 0 saturated heterocycles. The molecule has 1 heterocycles. The number of rotatable bonds is 10. The topological polar surface area (TPSA) is 39.1 Å². The zero-order chi connectivity index (χ0) is 13.2. The molecule has 0 atom stereocenters. The first-order valence-electron chi connectivity index (χ1n) is 7.11. The highest BCUT2D eigenvalue weighted by molar-refractivity contribution is 5.11. The van der Waals surface area contributed by atoms with E-state index in [1.54, 1.807) is 6.20 Å². The molecule has 0 unspecified atom stereocenters. The van der Waals surface area contributed by atoms with Gasteiger partial charge in [0.25, 0.3) is 0 Å². The van der Waals surface area contributed by atoms with Gasteiger partial charge in [-0.3, -0.25) is 4.68 Å². The Morgan fingerprint density at radius 2 is 2.11 bits per heavy atom. The second-order valence-corrected chi connectivity index (χ2v) is 4.91. The molecule has 4 nitrogen and oxygen atoms in total. The van der Waals surface area contributed by atoms with Crippen molar-refractivity contribution in [2.24, 2.45) is 0 Å². The normalized spacial score (nSPS) is 11.1. The van der Waals surface area contributed by atoms with Crippen molar-refractivity contribution in [2.75, 3.05) is 19.7 Å². The predicted molar refractivity (Wildman–Crippen MR) is 75.1 cm³/mol. The predicted octanol–water partition coefficient (Wildman–Crippen LogP) is 3.01. The molecule has 104 valence electrons. The second-order valence-electron chi connectivity index (χ2n) is 4.91. The van der Waals surface area contributed by atoms with Gasteiger partial charge in [0.15, 0.2) is 5.75 Å². The Morgan fingerprint density at radius 1 is 1.28 bits per heavy atom. The summed E-state index contributed by atoms with van der Waals surface area (Å²) in [7, 11) is 0. The van der Waals surface area contributed by atoms with Crippen molar-refractivity contribution in [1.82, 2.24) is 15.1 Å². The Kier molecular flexibility index (Phi) is 7.49. The van der Waals surface area contributed by atoms with Crippen LogP contribution in [0.25, 0.3) is 0 Å². The van der Waals surface area contributed by atoms with Crippen LogP contribution in [0.15, 0.2) is 12.4 Å². The van der Waals surface area contributed by atoms with E-state index in [1.165, 1.54) is 19.3 Å². The second kappa shape index (κ2) is 8.97. The van der Waals surface area contributed by atoms with Crippen LogP contribution in [0.2, 0.25) is 0 Å². The SMILES string of the molecule is CCCNCCCCCOc1cnn(C(C)C)c1. The molecule has 1 aromatic heterocycles. The van der Waals surface area contributed by atoms with Gasteiger partial charge in [-0.05, 0) is 52.6 Å². The Bertz CT molecular complexity index is 310. The van der Waals surface area contributed by atoms with E-state index in [2.05, 4.69) is 31.2 Å². The fourth-order valence-corrected chi connectivity index (χ4v) is 1.70. The summed E-state index contributed by atoms with van der Waals surface area (Å²) in [6.45, 7) is 9.46. The van der Waals surface area contributed by atoms with Crippen molar-refractivity contribution < 1.29 is 4.74 Å². The van der Waals surface area contributed by atoms with Crippen molar-refractivity contribution >= 4 is 0 Å². The smallest absolute Gasteiger partial charge is 0.157 e. The van der Waals surface area contributed by atoms with Crippen LogP contribution >= 0.6 is 0 Å². The van der Waals surface area contributed by atoms with Crippen LogP contribution in [0, 0.1) is 0 Å². The summed E-state index contributed by atoms with van der Waals surface area (Å²) in [5.41, 5.74) is 0. The number of hydrogen-bond acceptors (Lipinski definition) is 3. The van der Waals surface area contributed by atoms with E-state index in [0.29, 0.717) is 6.04 Å². The van der Waals surface area contributed by atoms with Gasteiger partial charge in [-0.15, -0.1) is 0 Å². The lowest BCUT2D eigenvalue weighted by atomic mass is 10.2. The number of nitrogens with zero attached hydrogens (tertiary/aromatic N) is 2. The van der Waals surface area contributed by atoms with E-state index in [-0.39, 0.29) is 0 Å². The van der Waals surface area contributed by atoms with Gasteiger partial charge in [0.1, 0.15) is 0 Å². The van der Waals surface area contributed by atoms with Crippen LogP contribution in [-0.2, 0) is 0 Å².